The van der Waals surface area contributed by atoms with Crippen LogP contribution in [0.3, 0.4) is 0 Å². The highest BCUT2D eigenvalue weighted by Crippen LogP contribution is 2.18. The fourth-order valence-corrected chi connectivity index (χ4v) is 2.44. The maximum Gasteiger partial charge on any atom is 0.225 e. The summed E-state index contributed by atoms with van der Waals surface area (Å²) in [5.41, 5.74) is 5.86. The maximum absolute atomic E-state index is 12.1. The highest BCUT2D eigenvalue weighted by Gasteiger charge is 2.23. The molecule has 0 aliphatic carbocycles. The monoisotopic (exact) mass is 294 g/mol. The van der Waals surface area contributed by atoms with Crippen LogP contribution in [0.15, 0.2) is 11.4 Å². The lowest BCUT2D eigenvalue weighted by Crippen LogP contribution is -2.34. The first-order chi connectivity index (χ1) is 9.38. The number of carbonyl (C=O) groups is 1. The Kier molecular flexibility index (Phi) is 6.21. The third-order valence-corrected chi connectivity index (χ3v) is 3.86. The molecule has 1 heterocycles. The number of thiophene rings is 1. The average Bonchev–Trinajstić information content (AvgIpc) is 2.83. The molecule has 0 saturated carbocycles. The molecule has 20 heavy (non-hydrogen) atoms. The van der Waals surface area contributed by atoms with Crippen LogP contribution in [-0.2, 0) is 16.1 Å². The average molecular weight is 294 g/mol. The predicted molar refractivity (Wildman–Crippen MR) is 82.4 cm³/mol. The van der Waals surface area contributed by atoms with Gasteiger partial charge in [0.05, 0.1) is 25.1 Å². The molecule has 5 heteroatoms. The zero-order chi connectivity index (χ0) is 15.2. The van der Waals surface area contributed by atoms with Crippen molar-refractivity contribution in [3.63, 3.8) is 0 Å². The number of nitrogens with zero attached hydrogens (tertiary/aromatic N) is 1. The quantitative estimate of drug-likeness (QED) is 0.843. The lowest BCUT2D eigenvalue weighted by molar-refractivity contribution is -0.135. The van der Waals surface area contributed by atoms with Gasteiger partial charge in [-0.05, 0) is 19.9 Å². The minimum atomic E-state index is -0.432. The molecular weight excluding hydrogens is 272 g/mol. The Morgan fingerprint density at radius 3 is 2.85 bits per heavy atom. The molecule has 0 atom stereocenters. The van der Waals surface area contributed by atoms with Crippen molar-refractivity contribution in [3.8, 4) is 11.8 Å². The minimum Gasteiger partial charge on any atom is -0.378 e. The van der Waals surface area contributed by atoms with Crippen molar-refractivity contribution in [2.24, 2.45) is 5.73 Å². The van der Waals surface area contributed by atoms with Crippen molar-refractivity contribution in [1.29, 1.82) is 0 Å². The zero-order valence-electron chi connectivity index (χ0n) is 12.5. The van der Waals surface area contributed by atoms with E-state index in [1.54, 1.807) is 30.4 Å². The Balaban J connectivity index is 2.59. The molecule has 2 N–H and O–H groups in total. The number of hydrogen-bond donors (Lipinski definition) is 1. The van der Waals surface area contributed by atoms with Gasteiger partial charge >= 0.3 is 0 Å². The summed E-state index contributed by atoms with van der Waals surface area (Å²) in [6.45, 7) is 4.76. The van der Waals surface area contributed by atoms with Gasteiger partial charge in [0.1, 0.15) is 0 Å². The summed E-state index contributed by atoms with van der Waals surface area (Å²) in [7, 11) is 3.42. The standard InChI is InChI=1S/C15H22N2O2S/c1-15(2,19-4)9-14(18)17(3)10-13-8-12(11-20-13)6-5-7-16/h8,11H,7,9-10,16H2,1-4H3. The highest BCUT2D eigenvalue weighted by molar-refractivity contribution is 7.10. The molecule has 0 spiro atoms. The van der Waals surface area contributed by atoms with Crippen LogP contribution in [0.5, 0.6) is 0 Å². The summed E-state index contributed by atoms with van der Waals surface area (Å²) in [5.74, 6) is 5.88. The SMILES string of the molecule is COC(C)(C)CC(=O)N(C)Cc1cc(C#CCN)cs1. The van der Waals surface area contributed by atoms with Crippen molar-refractivity contribution < 1.29 is 9.53 Å². The van der Waals surface area contributed by atoms with Crippen molar-refractivity contribution in [3.05, 3.63) is 21.9 Å². The number of ether oxygens (including phenoxy) is 1. The molecule has 0 radical (unpaired) electrons. The molecule has 0 saturated heterocycles. The van der Waals surface area contributed by atoms with Gasteiger partial charge in [0.2, 0.25) is 5.91 Å². The fraction of sp³-hybridized carbons (Fsp3) is 0.533. The van der Waals surface area contributed by atoms with Gasteiger partial charge in [0.15, 0.2) is 0 Å². The molecule has 1 rings (SSSR count). The second kappa shape index (κ2) is 7.44. The highest BCUT2D eigenvalue weighted by atomic mass is 32.1. The zero-order valence-corrected chi connectivity index (χ0v) is 13.3. The van der Waals surface area contributed by atoms with Gasteiger partial charge in [-0.25, -0.2) is 0 Å². The van der Waals surface area contributed by atoms with E-state index in [0.29, 0.717) is 19.5 Å². The number of amides is 1. The Bertz CT molecular complexity index is 511. The van der Waals surface area contributed by atoms with Crippen molar-refractivity contribution in [2.75, 3.05) is 20.7 Å². The molecule has 0 aromatic carbocycles. The van der Waals surface area contributed by atoms with Gasteiger partial charge in [-0.3, -0.25) is 4.79 Å². The molecule has 0 aliphatic heterocycles. The normalized spacial score (nSPS) is 10.8. The summed E-state index contributed by atoms with van der Waals surface area (Å²) < 4.78 is 5.28. The van der Waals surface area contributed by atoms with Crippen LogP contribution < -0.4 is 5.73 Å². The van der Waals surface area contributed by atoms with Gasteiger partial charge in [0, 0.05) is 30.0 Å². The Morgan fingerprint density at radius 2 is 2.25 bits per heavy atom. The number of carbonyl (C=O) groups excluding carboxylic acids is 1. The van der Waals surface area contributed by atoms with Crippen molar-refractivity contribution >= 4 is 17.2 Å². The smallest absolute Gasteiger partial charge is 0.225 e. The van der Waals surface area contributed by atoms with E-state index in [4.69, 9.17) is 10.5 Å². The molecule has 110 valence electrons. The number of rotatable bonds is 5. The minimum absolute atomic E-state index is 0.0693. The first-order valence-electron chi connectivity index (χ1n) is 6.43. The van der Waals surface area contributed by atoms with E-state index < -0.39 is 5.60 Å². The molecule has 1 aromatic heterocycles. The van der Waals surface area contributed by atoms with E-state index >= 15 is 0 Å². The fourth-order valence-electron chi connectivity index (χ4n) is 1.58. The van der Waals surface area contributed by atoms with E-state index in [1.165, 1.54) is 0 Å². The maximum atomic E-state index is 12.1. The summed E-state index contributed by atoms with van der Waals surface area (Å²) >= 11 is 1.60. The second-order valence-electron chi connectivity index (χ2n) is 5.20. The Labute approximate surface area is 124 Å². The van der Waals surface area contributed by atoms with Crippen LogP contribution in [0.1, 0.15) is 30.7 Å². The topological polar surface area (TPSA) is 55.6 Å². The molecule has 0 fully saturated rings. The first-order valence-corrected chi connectivity index (χ1v) is 7.31. The molecular formula is C15H22N2O2S. The van der Waals surface area contributed by atoms with Gasteiger partial charge in [-0.15, -0.1) is 11.3 Å². The van der Waals surface area contributed by atoms with Gasteiger partial charge < -0.3 is 15.4 Å². The largest absolute Gasteiger partial charge is 0.378 e. The van der Waals surface area contributed by atoms with Crippen LogP contribution in [0.25, 0.3) is 0 Å². The number of hydrogen-bond acceptors (Lipinski definition) is 4. The van der Waals surface area contributed by atoms with Crippen molar-refractivity contribution in [1.82, 2.24) is 4.90 Å². The van der Waals surface area contributed by atoms with Gasteiger partial charge in [-0.2, -0.15) is 0 Å². The van der Waals surface area contributed by atoms with Gasteiger partial charge in [0.25, 0.3) is 0 Å². The molecule has 0 bridgehead atoms. The number of methoxy groups -OCH3 is 1. The Hall–Kier alpha value is -1.35. The Morgan fingerprint density at radius 1 is 1.55 bits per heavy atom. The third kappa shape index (κ3) is 5.33. The summed E-state index contributed by atoms with van der Waals surface area (Å²) in [5, 5.41) is 1.98. The summed E-state index contributed by atoms with van der Waals surface area (Å²) in [6, 6.07) is 2.00. The van der Waals surface area contributed by atoms with Crippen LogP contribution >= 0.6 is 11.3 Å². The third-order valence-electron chi connectivity index (χ3n) is 2.94. The second-order valence-corrected chi connectivity index (χ2v) is 6.19. The van der Waals surface area contributed by atoms with Gasteiger partial charge in [-0.1, -0.05) is 11.8 Å². The van der Waals surface area contributed by atoms with E-state index in [0.717, 1.165) is 10.4 Å². The van der Waals surface area contributed by atoms with Crippen molar-refractivity contribution in [2.45, 2.75) is 32.4 Å². The molecule has 0 unspecified atom stereocenters. The van der Waals surface area contributed by atoms with E-state index in [2.05, 4.69) is 11.8 Å². The predicted octanol–water partition coefficient (Wildman–Crippen LogP) is 1.83. The van der Waals surface area contributed by atoms with Crippen LogP contribution in [0.4, 0.5) is 0 Å². The van der Waals surface area contributed by atoms with Crippen LogP contribution in [0.2, 0.25) is 0 Å². The molecule has 1 amide bonds. The molecule has 4 nitrogen and oxygen atoms in total. The molecule has 0 aliphatic rings. The molecule has 1 aromatic rings. The first kappa shape index (κ1) is 16.7. The lowest BCUT2D eigenvalue weighted by Gasteiger charge is -2.25. The van der Waals surface area contributed by atoms with Crippen LogP contribution in [-0.4, -0.2) is 37.1 Å². The summed E-state index contributed by atoms with van der Waals surface area (Å²) in [6.07, 6.45) is 0.366. The van der Waals surface area contributed by atoms with E-state index in [1.807, 2.05) is 25.3 Å². The number of nitrogens with two attached hydrogens (primary N) is 1. The van der Waals surface area contributed by atoms with E-state index in [9.17, 15) is 4.79 Å². The lowest BCUT2D eigenvalue weighted by atomic mass is 10.0. The van der Waals surface area contributed by atoms with Crippen LogP contribution in [0, 0.1) is 11.8 Å². The summed E-state index contributed by atoms with van der Waals surface area (Å²) in [4.78, 5) is 14.9. The van der Waals surface area contributed by atoms with E-state index in [-0.39, 0.29) is 5.91 Å².